The molecule has 1 aliphatic carbocycles. The van der Waals surface area contributed by atoms with Crippen molar-refractivity contribution in [2.24, 2.45) is 5.92 Å². The number of aryl methyl sites for hydroxylation is 1. The fourth-order valence-corrected chi connectivity index (χ4v) is 4.06. The number of carbonyl (C=O) groups is 2. The molecule has 0 radical (unpaired) electrons. The molecule has 1 N–H and O–H groups in total. The summed E-state index contributed by atoms with van der Waals surface area (Å²) in [6.07, 6.45) is 9.11. The van der Waals surface area contributed by atoms with Crippen LogP contribution in [0.2, 0.25) is 0 Å². The van der Waals surface area contributed by atoms with Crippen molar-refractivity contribution in [3.05, 3.63) is 33.2 Å². The predicted octanol–water partition coefficient (Wildman–Crippen LogP) is 3.65. The predicted molar refractivity (Wildman–Crippen MR) is 108 cm³/mol. The van der Waals surface area contributed by atoms with Crippen LogP contribution in [0.4, 0.5) is 0 Å². The lowest BCUT2D eigenvalue weighted by Crippen LogP contribution is -2.45. The van der Waals surface area contributed by atoms with Gasteiger partial charge in [0.05, 0.1) is 0 Å². The lowest BCUT2D eigenvalue weighted by Gasteiger charge is -2.28. The van der Waals surface area contributed by atoms with E-state index in [0.29, 0.717) is 6.54 Å². The zero-order chi connectivity index (χ0) is 19.8. The van der Waals surface area contributed by atoms with Crippen LogP contribution in [0.25, 0.3) is 0 Å². The van der Waals surface area contributed by atoms with Gasteiger partial charge < -0.3 is 14.7 Å². The van der Waals surface area contributed by atoms with E-state index in [4.69, 9.17) is 0 Å². The third kappa shape index (κ3) is 5.08. The van der Waals surface area contributed by atoms with Gasteiger partial charge in [-0.25, -0.2) is 0 Å². The average molecular weight is 375 g/mol. The fourth-order valence-electron chi connectivity index (χ4n) is 4.06. The molecular weight excluding hydrogens is 340 g/mol. The monoisotopic (exact) mass is 374 g/mol. The number of hydrogen-bond acceptors (Lipinski definition) is 3. The van der Waals surface area contributed by atoms with Crippen LogP contribution in [0.5, 0.6) is 0 Å². The maximum atomic E-state index is 13.1. The van der Waals surface area contributed by atoms with Gasteiger partial charge in [0.25, 0.3) is 11.5 Å². The third-order valence-electron chi connectivity index (χ3n) is 5.65. The van der Waals surface area contributed by atoms with Crippen LogP contribution in [0.3, 0.4) is 0 Å². The Morgan fingerprint density at radius 1 is 1.22 bits per heavy atom. The van der Waals surface area contributed by atoms with Gasteiger partial charge in [0.2, 0.25) is 0 Å². The topological polar surface area (TPSA) is 68.2 Å². The van der Waals surface area contributed by atoms with E-state index in [1.54, 1.807) is 6.07 Å². The van der Waals surface area contributed by atoms with Crippen LogP contribution in [0, 0.1) is 5.92 Å². The first-order chi connectivity index (χ1) is 13.1. The van der Waals surface area contributed by atoms with Crippen LogP contribution in [-0.4, -0.2) is 22.8 Å². The van der Waals surface area contributed by atoms with Gasteiger partial charge in [0, 0.05) is 24.2 Å². The summed E-state index contributed by atoms with van der Waals surface area (Å²) in [6, 6.07) is 1.62. The molecule has 1 aromatic rings. The number of pyridine rings is 1. The van der Waals surface area contributed by atoms with E-state index >= 15 is 0 Å². The van der Waals surface area contributed by atoms with Gasteiger partial charge in [-0.15, -0.1) is 0 Å². The molecule has 1 heterocycles. The summed E-state index contributed by atoms with van der Waals surface area (Å²) >= 11 is 0. The Kier molecular flexibility index (Phi) is 8.26. The zero-order valence-corrected chi connectivity index (χ0v) is 17.1. The Hall–Kier alpha value is -1.91. The van der Waals surface area contributed by atoms with Gasteiger partial charge in [-0.05, 0) is 43.7 Å². The molecular formula is C22H34N2O3. The van der Waals surface area contributed by atoms with Crippen LogP contribution < -0.4 is 10.9 Å². The number of aromatic nitrogens is 1. The van der Waals surface area contributed by atoms with Crippen molar-refractivity contribution in [2.45, 2.75) is 91.1 Å². The first-order valence-corrected chi connectivity index (χ1v) is 10.6. The van der Waals surface area contributed by atoms with Crippen LogP contribution in [0.1, 0.15) is 87.3 Å². The SMILES string of the molecule is CCCCn1c(CCC)c(CC)cc(C(=O)NC2CCCCC2C=O)c1=O. The van der Waals surface area contributed by atoms with Gasteiger partial charge >= 0.3 is 0 Å². The van der Waals surface area contributed by atoms with Gasteiger partial charge in [0.1, 0.15) is 11.8 Å². The zero-order valence-electron chi connectivity index (χ0n) is 17.1. The molecule has 2 atom stereocenters. The second-order valence-corrected chi connectivity index (χ2v) is 7.61. The Labute approximate surface area is 162 Å². The molecule has 0 aliphatic heterocycles. The van der Waals surface area contributed by atoms with Gasteiger partial charge in [0.15, 0.2) is 0 Å². The minimum absolute atomic E-state index is 0.143. The average Bonchev–Trinajstić information content (AvgIpc) is 2.68. The lowest BCUT2D eigenvalue weighted by atomic mass is 9.85. The largest absolute Gasteiger partial charge is 0.348 e. The van der Waals surface area contributed by atoms with Crippen LogP contribution >= 0.6 is 0 Å². The highest BCUT2D eigenvalue weighted by atomic mass is 16.2. The molecule has 1 fully saturated rings. The molecule has 1 amide bonds. The van der Waals surface area contributed by atoms with Crippen molar-refractivity contribution < 1.29 is 9.59 Å². The number of nitrogens with one attached hydrogen (secondary N) is 1. The Bertz CT molecular complexity index is 708. The molecule has 1 aromatic heterocycles. The molecule has 1 saturated carbocycles. The number of carbonyl (C=O) groups excluding carboxylic acids is 2. The van der Waals surface area contributed by atoms with Crippen molar-refractivity contribution in [1.29, 1.82) is 0 Å². The Morgan fingerprint density at radius 2 is 1.96 bits per heavy atom. The van der Waals surface area contributed by atoms with Crippen LogP contribution in [0.15, 0.2) is 10.9 Å². The highest BCUT2D eigenvalue weighted by molar-refractivity contribution is 5.94. The van der Waals surface area contributed by atoms with Crippen molar-refractivity contribution >= 4 is 12.2 Å². The van der Waals surface area contributed by atoms with Crippen molar-refractivity contribution in [3.8, 4) is 0 Å². The van der Waals surface area contributed by atoms with Gasteiger partial charge in [-0.1, -0.05) is 46.5 Å². The molecule has 2 unspecified atom stereocenters. The molecule has 0 spiro atoms. The summed E-state index contributed by atoms with van der Waals surface area (Å²) in [6.45, 7) is 6.93. The second-order valence-electron chi connectivity index (χ2n) is 7.61. The van der Waals surface area contributed by atoms with E-state index in [2.05, 4.69) is 26.1 Å². The first kappa shape index (κ1) is 21.4. The summed E-state index contributed by atoms with van der Waals surface area (Å²) in [4.78, 5) is 37.4. The summed E-state index contributed by atoms with van der Waals surface area (Å²) in [5, 5.41) is 2.98. The molecule has 0 saturated heterocycles. The van der Waals surface area contributed by atoms with Crippen molar-refractivity contribution in [2.75, 3.05) is 0 Å². The minimum atomic E-state index is -0.332. The van der Waals surface area contributed by atoms with Crippen molar-refractivity contribution in [3.63, 3.8) is 0 Å². The van der Waals surface area contributed by atoms with Crippen molar-refractivity contribution in [1.82, 2.24) is 9.88 Å². The Balaban J connectivity index is 2.38. The quantitative estimate of drug-likeness (QED) is 0.671. The molecule has 150 valence electrons. The van der Waals surface area contributed by atoms with Crippen LogP contribution in [-0.2, 0) is 24.2 Å². The molecule has 1 aliphatic rings. The molecule has 5 heteroatoms. The number of nitrogens with zero attached hydrogens (tertiary/aromatic N) is 1. The van der Waals surface area contributed by atoms with E-state index in [9.17, 15) is 14.4 Å². The number of unbranched alkanes of at least 4 members (excludes halogenated alkanes) is 1. The molecule has 0 bridgehead atoms. The number of amides is 1. The van der Waals surface area contributed by atoms with E-state index in [-0.39, 0.29) is 29.0 Å². The maximum absolute atomic E-state index is 13.1. The molecule has 27 heavy (non-hydrogen) atoms. The summed E-state index contributed by atoms with van der Waals surface area (Å²) in [5.41, 5.74) is 2.17. The second kappa shape index (κ2) is 10.4. The third-order valence-corrected chi connectivity index (χ3v) is 5.65. The smallest absolute Gasteiger partial charge is 0.263 e. The van der Waals surface area contributed by atoms with E-state index in [0.717, 1.165) is 75.3 Å². The maximum Gasteiger partial charge on any atom is 0.263 e. The summed E-state index contributed by atoms with van der Waals surface area (Å²) in [7, 11) is 0. The Morgan fingerprint density at radius 3 is 2.59 bits per heavy atom. The molecule has 5 nitrogen and oxygen atoms in total. The number of aldehydes is 1. The normalized spacial score (nSPS) is 19.7. The standard InChI is InChI=1S/C22H34N2O3/c1-4-7-13-24-20(10-5-2)16(6-3)14-18(22(24)27)21(26)23-19-12-9-8-11-17(19)15-25/h14-15,17,19H,4-13H2,1-3H3,(H,23,26). The lowest BCUT2D eigenvalue weighted by molar-refractivity contribution is -0.112. The van der Waals surface area contributed by atoms with Gasteiger partial charge in [-0.3, -0.25) is 9.59 Å². The molecule has 2 rings (SSSR count). The van der Waals surface area contributed by atoms with Gasteiger partial charge in [-0.2, -0.15) is 0 Å². The first-order valence-electron chi connectivity index (χ1n) is 10.6. The summed E-state index contributed by atoms with van der Waals surface area (Å²) in [5.74, 6) is -0.475. The van der Waals surface area contributed by atoms with E-state index in [1.807, 2.05) is 4.57 Å². The highest BCUT2D eigenvalue weighted by Crippen LogP contribution is 2.23. The molecule has 0 aromatic carbocycles. The highest BCUT2D eigenvalue weighted by Gasteiger charge is 2.28. The number of rotatable bonds is 9. The van der Waals surface area contributed by atoms with E-state index < -0.39 is 0 Å². The number of hydrogen-bond donors (Lipinski definition) is 1. The van der Waals surface area contributed by atoms with E-state index in [1.165, 1.54) is 0 Å². The fraction of sp³-hybridized carbons (Fsp3) is 0.682. The summed E-state index contributed by atoms with van der Waals surface area (Å²) < 4.78 is 1.82. The minimum Gasteiger partial charge on any atom is -0.348 e.